The Kier molecular flexibility index (Phi) is 17.1. The lowest BCUT2D eigenvalue weighted by Crippen LogP contribution is -2.61. The molecule has 6 N–H and O–H groups in total. The van der Waals surface area contributed by atoms with Gasteiger partial charge in [0.25, 0.3) is 0 Å². The van der Waals surface area contributed by atoms with Crippen molar-refractivity contribution in [3.05, 3.63) is 0 Å². The number of ether oxygens (including phenoxy) is 1. The summed E-state index contributed by atoms with van der Waals surface area (Å²) in [6.07, 6.45) is 1.89. The van der Waals surface area contributed by atoms with Crippen LogP contribution in [0.4, 0.5) is 0 Å². The highest BCUT2D eigenvalue weighted by Crippen LogP contribution is 2.22. The predicted octanol–water partition coefficient (Wildman–Crippen LogP) is -0.00890. The fourth-order valence-corrected chi connectivity index (χ4v) is 5.08. The lowest BCUT2D eigenvalue weighted by Gasteiger charge is -2.34. The van der Waals surface area contributed by atoms with E-state index in [9.17, 15) is 39.0 Å². The van der Waals surface area contributed by atoms with Crippen LogP contribution in [0, 0.1) is 17.8 Å². The second-order valence-electron chi connectivity index (χ2n) is 12.7. The van der Waals surface area contributed by atoms with Gasteiger partial charge in [-0.15, -0.1) is 0 Å². The lowest BCUT2D eigenvalue weighted by molar-refractivity contribution is -0.157. The zero-order valence-electron chi connectivity index (χ0n) is 28.1. The van der Waals surface area contributed by atoms with Crippen molar-refractivity contribution in [2.45, 2.75) is 123 Å². The first kappa shape index (κ1) is 39.8. The van der Waals surface area contributed by atoms with Crippen molar-refractivity contribution < 1.29 is 43.7 Å². The molecule has 0 bridgehead atoms. The topological polar surface area (TPSA) is 203 Å². The highest BCUT2D eigenvalue weighted by molar-refractivity contribution is 5.96. The van der Waals surface area contributed by atoms with Crippen LogP contribution in [0.15, 0.2) is 0 Å². The maximum atomic E-state index is 13.8. The molecule has 258 valence electrons. The van der Waals surface area contributed by atoms with Crippen molar-refractivity contribution in [1.82, 2.24) is 26.2 Å². The van der Waals surface area contributed by atoms with Gasteiger partial charge in [-0.2, -0.15) is 0 Å². The van der Waals surface area contributed by atoms with Gasteiger partial charge in [0.05, 0.1) is 18.6 Å². The Morgan fingerprint density at radius 1 is 0.867 bits per heavy atom. The van der Waals surface area contributed by atoms with E-state index in [-0.39, 0.29) is 12.3 Å². The highest BCUT2D eigenvalue weighted by Gasteiger charge is 2.38. The highest BCUT2D eigenvalue weighted by atomic mass is 16.5. The van der Waals surface area contributed by atoms with Crippen LogP contribution in [0.2, 0.25) is 0 Å². The number of aliphatic hydroxyl groups excluding tert-OH is 2. The number of rotatable bonds is 10. The predicted molar refractivity (Wildman–Crippen MR) is 166 cm³/mol. The Morgan fingerprint density at radius 2 is 1.49 bits per heavy atom. The van der Waals surface area contributed by atoms with Crippen LogP contribution < -0.4 is 21.3 Å². The van der Waals surface area contributed by atoms with E-state index in [4.69, 9.17) is 4.74 Å². The molecular weight excluding hydrogens is 586 g/mol. The largest absolute Gasteiger partial charge is 0.460 e. The van der Waals surface area contributed by atoms with Crippen LogP contribution in [-0.2, 0) is 33.5 Å². The van der Waals surface area contributed by atoms with Gasteiger partial charge in [0.1, 0.15) is 36.8 Å². The zero-order chi connectivity index (χ0) is 34.4. The molecule has 1 saturated heterocycles. The minimum Gasteiger partial charge on any atom is -0.460 e. The van der Waals surface area contributed by atoms with Crippen molar-refractivity contribution in [3.63, 3.8) is 0 Å². The van der Waals surface area contributed by atoms with Gasteiger partial charge in [-0.25, -0.2) is 0 Å². The normalized spacial score (nSPS) is 27.5. The first-order valence-corrected chi connectivity index (χ1v) is 16.0. The molecule has 45 heavy (non-hydrogen) atoms. The number of cyclic esters (lactones) is 1. The van der Waals surface area contributed by atoms with E-state index < -0.39 is 96.9 Å². The van der Waals surface area contributed by atoms with Gasteiger partial charge in [0.15, 0.2) is 0 Å². The maximum Gasteiger partial charge on any atom is 0.325 e. The molecular formula is C31H55N5O9. The third-order valence-electron chi connectivity index (χ3n) is 7.92. The molecule has 5 amide bonds. The number of unbranched alkanes of at least 4 members (excludes halogenated alkanes) is 3. The summed E-state index contributed by atoms with van der Waals surface area (Å²) in [5.41, 5.74) is 0. The number of hydrogen-bond acceptors (Lipinski definition) is 9. The quantitative estimate of drug-likeness (QED) is 0.140. The van der Waals surface area contributed by atoms with E-state index >= 15 is 0 Å². The fraction of sp³-hybridized carbons (Fsp3) is 0.806. The number of nitrogens with one attached hydrogen (secondary N) is 4. The first-order chi connectivity index (χ1) is 21.0. The summed E-state index contributed by atoms with van der Waals surface area (Å²) in [7, 11) is 1.50. The van der Waals surface area contributed by atoms with Crippen molar-refractivity contribution >= 4 is 35.5 Å². The molecule has 0 aliphatic carbocycles. The molecule has 7 unspecified atom stereocenters. The van der Waals surface area contributed by atoms with Crippen LogP contribution in [0.5, 0.6) is 0 Å². The molecule has 7 atom stereocenters. The number of hydrogen-bond donors (Lipinski definition) is 6. The molecule has 1 aliphatic rings. The molecule has 0 aromatic carbocycles. The van der Waals surface area contributed by atoms with Crippen molar-refractivity contribution in [2.24, 2.45) is 17.8 Å². The van der Waals surface area contributed by atoms with E-state index in [2.05, 4.69) is 28.2 Å². The minimum atomic E-state index is -1.53. The van der Waals surface area contributed by atoms with E-state index in [1.54, 1.807) is 20.8 Å². The summed E-state index contributed by atoms with van der Waals surface area (Å²) < 4.78 is 5.69. The molecule has 0 spiro atoms. The number of aliphatic hydroxyl groups is 2. The lowest BCUT2D eigenvalue weighted by atomic mass is 9.94. The molecule has 1 heterocycles. The third kappa shape index (κ3) is 12.6. The SMILES string of the molecule is CCCCCCC1OC(=O)CNC(=O)C(C(C)O)NC(=O)C(CO)NC(=O)C(C(C)C)NC(=O)C(CC(C)C)N(C)C(=O)C1C. The number of carbonyl (C=O) groups excluding carboxylic acids is 6. The molecule has 14 heteroatoms. The maximum absolute atomic E-state index is 13.8. The number of carbonyl (C=O) groups is 6. The smallest absolute Gasteiger partial charge is 0.325 e. The Labute approximate surface area is 266 Å². The summed E-state index contributed by atoms with van der Waals surface area (Å²) in [5.74, 6) is -5.75. The second-order valence-corrected chi connectivity index (χ2v) is 12.7. The fourth-order valence-electron chi connectivity index (χ4n) is 5.08. The van der Waals surface area contributed by atoms with Crippen molar-refractivity contribution in [2.75, 3.05) is 20.2 Å². The molecule has 0 radical (unpaired) electrons. The van der Waals surface area contributed by atoms with E-state index in [0.29, 0.717) is 12.8 Å². The van der Waals surface area contributed by atoms with Gasteiger partial charge < -0.3 is 41.1 Å². The van der Waals surface area contributed by atoms with E-state index in [1.807, 2.05) is 13.8 Å². The second kappa shape index (κ2) is 19.3. The number of esters is 1. The summed E-state index contributed by atoms with van der Waals surface area (Å²) in [6.45, 7) is 10.7. The Balaban J connectivity index is 3.58. The zero-order valence-corrected chi connectivity index (χ0v) is 28.1. The van der Waals surface area contributed by atoms with Crippen LogP contribution >= 0.6 is 0 Å². The van der Waals surface area contributed by atoms with E-state index in [0.717, 1.165) is 19.3 Å². The molecule has 0 aromatic rings. The van der Waals surface area contributed by atoms with Crippen LogP contribution in [0.3, 0.4) is 0 Å². The van der Waals surface area contributed by atoms with Gasteiger partial charge in [-0.3, -0.25) is 28.8 Å². The van der Waals surface area contributed by atoms with Gasteiger partial charge in [-0.05, 0) is 38.0 Å². The standard InChI is InChI=1S/C31H55N5O9/c1-9-10-11-12-13-23-19(6)31(44)36(8)22(14-17(2)3)28(41)34-25(18(4)5)30(43)33-21(16-37)27(40)35-26(20(7)38)29(42)32-15-24(39)45-23/h17-23,25-26,37-38H,9-16H2,1-8H3,(H,32,42)(H,33,43)(H,34,41)(H,35,40). The minimum absolute atomic E-state index is 0.00477. The average molecular weight is 642 g/mol. The number of likely N-dealkylation sites (N-methyl/N-ethyl adjacent to an activating group) is 1. The number of amides is 5. The number of nitrogens with zero attached hydrogens (tertiary/aromatic N) is 1. The van der Waals surface area contributed by atoms with Gasteiger partial charge in [-0.1, -0.05) is 60.8 Å². The summed E-state index contributed by atoms with van der Waals surface area (Å²) >= 11 is 0. The Morgan fingerprint density at radius 3 is 2.02 bits per heavy atom. The van der Waals surface area contributed by atoms with Crippen molar-refractivity contribution in [3.8, 4) is 0 Å². The van der Waals surface area contributed by atoms with Crippen LogP contribution in [0.1, 0.15) is 87.0 Å². The monoisotopic (exact) mass is 641 g/mol. The Bertz CT molecular complexity index is 1020. The first-order valence-electron chi connectivity index (χ1n) is 16.0. The van der Waals surface area contributed by atoms with Gasteiger partial charge in [0, 0.05) is 7.05 Å². The van der Waals surface area contributed by atoms with E-state index in [1.165, 1.54) is 18.9 Å². The summed E-state index contributed by atoms with van der Waals surface area (Å²) in [4.78, 5) is 80.8. The van der Waals surface area contributed by atoms with Crippen LogP contribution in [-0.4, -0.2) is 107 Å². The molecule has 0 aromatic heterocycles. The average Bonchev–Trinajstić information content (AvgIpc) is 2.97. The molecule has 1 fully saturated rings. The Hall–Kier alpha value is -3.26. The van der Waals surface area contributed by atoms with Gasteiger partial charge >= 0.3 is 5.97 Å². The van der Waals surface area contributed by atoms with Crippen molar-refractivity contribution in [1.29, 1.82) is 0 Å². The molecule has 1 rings (SSSR count). The third-order valence-corrected chi connectivity index (χ3v) is 7.92. The molecule has 1 aliphatic heterocycles. The summed E-state index contributed by atoms with van der Waals surface area (Å²) in [6, 6.07) is -5.16. The van der Waals surface area contributed by atoms with Gasteiger partial charge in [0.2, 0.25) is 29.5 Å². The summed E-state index contributed by atoms with van der Waals surface area (Å²) in [5, 5.41) is 29.8. The van der Waals surface area contributed by atoms with Crippen LogP contribution in [0.25, 0.3) is 0 Å². The molecule has 0 saturated carbocycles. The molecule has 14 nitrogen and oxygen atoms in total.